The Hall–Kier alpha value is -2.15. The molecule has 0 radical (unpaired) electrons. The molecule has 0 spiro atoms. The van der Waals surface area contributed by atoms with E-state index in [2.05, 4.69) is 87.9 Å². The van der Waals surface area contributed by atoms with Crippen molar-refractivity contribution >= 4 is 18.0 Å². The molecule has 0 bridgehead atoms. The third-order valence-electron chi connectivity index (χ3n) is 4.60. The molecule has 1 nitrogen and oxygen atoms in total. The van der Waals surface area contributed by atoms with Crippen molar-refractivity contribution in [3.05, 3.63) is 70.8 Å². The standard InChI is InChI=1S/C24H31N/c1-6-7-14-23(22-16-11-9-13-20(22)17-18(2)3)24(25-5)21-15-10-8-12-19(21)4/h8-13,15-16,18H,5-7,14,17H2,1-4H3/b24-23+. The average molecular weight is 334 g/mol. The van der Waals surface area contributed by atoms with Crippen LogP contribution in [0.5, 0.6) is 0 Å². The second-order valence-electron chi connectivity index (χ2n) is 7.16. The van der Waals surface area contributed by atoms with Gasteiger partial charge in [-0.1, -0.05) is 75.7 Å². The third-order valence-corrected chi connectivity index (χ3v) is 4.60. The Kier molecular flexibility index (Phi) is 7.18. The summed E-state index contributed by atoms with van der Waals surface area (Å²) in [5.74, 6) is 0.632. The van der Waals surface area contributed by atoms with Crippen LogP contribution in [0.4, 0.5) is 0 Å². The summed E-state index contributed by atoms with van der Waals surface area (Å²) in [7, 11) is 0. The first-order chi connectivity index (χ1) is 12.1. The molecule has 2 aromatic carbocycles. The van der Waals surface area contributed by atoms with E-state index < -0.39 is 0 Å². The topological polar surface area (TPSA) is 12.4 Å². The molecule has 0 heterocycles. The molecule has 0 fully saturated rings. The fourth-order valence-corrected chi connectivity index (χ4v) is 3.35. The summed E-state index contributed by atoms with van der Waals surface area (Å²) in [6.07, 6.45) is 4.46. The number of allylic oxidation sites excluding steroid dienone is 1. The number of nitrogens with zero attached hydrogens (tertiary/aromatic N) is 1. The first-order valence-electron chi connectivity index (χ1n) is 9.42. The van der Waals surface area contributed by atoms with Gasteiger partial charge in [-0.05, 0) is 61.1 Å². The van der Waals surface area contributed by atoms with Gasteiger partial charge in [0.25, 0.3) is 0 Å². The molecule has 0 aliphatic heterocycles. The van der Waals surface area contributed by atoms with Crippen LogP contribution in [0, 0.1) is 12.8 Å². The summed E-state index contributed by atoms with van der Waals surface area (Å²) in [5.41, 5.74) is 7.59. The maximum absolute atomic E-state index is 4.50. The summed E-state index contributed by atoms with van der Waals surface area (Å²) >= 11 is 0. The van der Waals surface area contributed by atoms with Gasteiger partial charge in [-0.3, -0.25) is 4.99 Å². The number of aliphatic imine (C=N–C) groups is 1. The van der Waals surface area contributed by atoms with Crippen molar-refractivity contribution in [1.29, 1.82) is 0 Å². The molecular weight excluding hydrogens is 302 g/mol. The zero-order valence-electron chi connectivity index (χ0n) is 16.2. The van der Waals surface area contributed by atoms with Gasteiger partial charge in [0, 0.05) is 5.56 Å². The summed E-state index contributed by atoms with van der Waals surface area (Å²) < 4.78 is 0. The lowest BCUT2D eigenvalue weighted by molar-refractivity contribution is 0.646. The fourth-order valence-electron chi connectivity index (χ4n) is 3.35. The number of benzene rings is 2. The van der Waals surface area contributed by atoms with E-state index in [0.717, 1.165) is 25.0 Å². The van der Waals surface area contributed by atoms with Crippen molar-refractivity contribution in [3.63, 3.8) is 0 Å². The summed E-state index contributed by atoms with van der Waals surface area (Å²) in [4.78, 5) is 4.50. The van der Waals surface area contributed by atoms with Gasteiger partial charge in [0.2, 0.25) is 0 Å². The van der Waals surface area contributed by atoms with Gasteiger partial charge in [0.05, 0.1) is 5.70 Å². The third kappa shape index (κ3) is 4.92. The minimum absolute atomic E-state index is 0.632. The van der Waals surface area contributed by atoms with Gasteiger partial charge in [-0.25, -0.2) is 0 Å². The van der Waals surface area contributed by atoms with Crippen LogP contribution in [-0.2, 0) is 6.42 Å². The van der Waals surface area contributed by atoms with E-state index in [-0.39, 0.29) is 0 Å². The Labute approximate surface area is 153 Å². The van der Waals surface area contributed by atoms with Crippen molar-refractivity contribution in [1.82, 2.24) is 0 Å². The van der Waals surface area contributed by atoms with E-state index >= 15 is 0 Å². The molecule has 0 N–H and O–H groups in total. The lowest BCUT2D eigenvalue weighted by atomic mass is 9.88. The van der Waals surface area contributed by atoms with Crippen LogP contribution >= 0.6 is 0 Å². The smallest absolute Gasteiger partial charge is 0.0735 e. The Balaban J connectivity index is 2.66. The number of unbranched alkanes of at least 4 members (excludes halogenated alkanes) is 1. The first kappa shape index (κ1) is 19.2. The molecule has 0 aliphatic rings. The Morgan fingerprint density at radius 2 is 1.64 bits per heavy atom. The predicted molar refractivity (Wildman–Crippen MR) is 112 cm³/mol. The summed E-state index contributed by atoms with van der Waals surface area (Å²) in [6.45, 7) is 12.9. The lowest BCUT2D eigenvalue weighted by Crippen LogP contribution is -2.01. The number of hydrogen-bond acceptors (Lipinski definition) is 1. The number of aryl methyl sites for hydroxylation is 1. The van der Waals surface area contributed by atoms with Crippen molar-refractivity contribution in [2.75, 3.05) is 0 Å². The second kappa shape index (κ2) is 9.36. The van der Waals surface area contributed by atoms with Crippen molar-refractivity contribution in [2.24, 2.45) is 10.9 Å². The van der Waals surface area contributed by atoms with Crippen molar-refractivity contribution < 1.29 is 0 Å². The molecular formula is C24H31N. The number of rotatable bonds is 8. The van der Waals surface area contributed by atoms with Gasteiger partial charge in [-0.15, -0.1) is 0 Å². The first-order valence-corrected chi connectivity index (χ1v) is 9.42. The number of hydrogen-bond donors (Lipinski definition) is 0. The predicted octanol–water partition coefficient (Wildman–Crippen LogP) is 6.95. The van der Waals surface area contributed by atoms with Crippen LogP contribution < -0.4 is 0 Å². The van der Waals surface area contributed by atoms with Crippen LogP contribution in [0.2, 0.25) is 0 Å². The zero-order chi connectivity index (χ0) is 18.2. The molecule has 132 valence electrons. The summed E-state index contributed by atoms with van der Waals surface area (Å²) in [5, 5.41) is 0. The van der Waals surface area contributed by atoms with E-state index in [4.69, 9.17) is 0 Å². The van der Waals surface area contributed by atoms with Crippen molar-refractivity contribution in [2.45, 2.75) is 53.4 Å². The van der Waals surface area contributed by atoms with E-state index in [1.807, 2.05) is 0 Å². The molecule has 0 aromatic heterocycles. The molecule has 1 heteroatoms. The summed E-state index contributed by atoms with van der Waals surface area (Å²) in [6, 6.07) is 17.3. The maximum Gasteiger partial charge on any atom is 0.0735 e. The van der Waals surface area contributed by atoms with Crippen LogP contribution in [0.3, 0.4) is 0 Å². The molecule has 0 saturated carbocycles. The minimum atomic E-state index is 0.632. The van der Waals surface area contributed by atoms with Gasteiger partial charge in [0.15, 0.2) is 0 Å². The van der Waals surface area contributed by atoms with E-state index in [9.17, 15) is 0 Å². The quantitative estimate of drug-likeness (QED) is 0.366. The Morgan fingerprint density at radius 1 is 1.00 bits per heavy atom. The van der Waals surface area contributed by atoms with Crippen LogP contribution in [0.1, 0.15) is 62.3 Å². The van der Waals surface area contributed by atoms with Gasteiger partial charge < -0.3 is 0 Å². The van der Waals surface area contributed by atoms with E-state index in [1.165, 1.54) is 34.2 Å². The van der Waals surface area contributed by atoms with Gasteiger partial charge >= 0.3 is 0 Å². The largest absolute Gasteiger partial charge is 0.264 e. The molecule has 0 unspecified atom stereocenters. The highest BCUT2D eigenvalue weighted by molar-refractivity contribution is 5.93. The minimum Gasteiger partial charge on any atom is -0.264 e. The Bertz CT molecular complexity index is 737. The fraction of sp³-hybridized carbons (Fsp3) is 0.375. The van der Waals surface area contributed by atoms with Crippen LogP contribution in [0.25, 0.3) is 11.3 Å². The average Bonchev–Trinajstić information content (AvgIpc) is 2.60. The molecule has 0 atom stereocenters. The van der Waals surface area contributed by atoms with Crippen LogP contribution in [0.15, 0.2) is 53.5 Å². The van der Waals surface area contributed by atoms with E-state index in [1.54, 1.807) is 0 Å². The highest BCUT2D eigenvalue weighted by atomic mass is 14.7. The van der Waals surface area contributed by atoms with Gasteiger partial charge in [0.1, 0.15) is 0 Å². The second-order valence-corrected chi connectivity index (χ2v) is 7.16. The molecule has 0 saturated heterocycles. The normalized spacial score (nSPS) is 12.2. The molecule has 0 amide bonds. The highest BCUT2D eigenvalue weighted by Gasteiger charge is 2.15. The zero-order valence-corrected chi connectivity index (χ0v) is 16.2. The lowest BCUT2D eigenvalue weighted by Gasteiger charge is -2.18. The highest BCUT2D eigenvalue weighted by Crippen LogP contribution is 2.35. The molecule has 2 aromatic rings. The molecule has 2 rings (SSSR count). The van der Waals surface area contributed by atoms with E-state index in [0.29, 0.717) is 5.92 Å². The Morgan fingerprint density at radius 3 is 2.24 bits per heavy atom. The molecule has 0 aliphatic carbocycles. The molecule has 25 heavy (non-hydrogen) atoms. The van der Waals surface area contributed by atoms with Crippen LogP contribution in [-0.4, -0.2) is 6.72 Å². The van der Waals surface area contributed by atoms with Gasteiger partial charge in [-0.2, -0.15) is 0 Å². The van der Waals surface area contributed by atoms with Crippen molar-refractivity contribution in [3.8, 4) is 0 Å². The monoisotopic (exact) mass is 333 g/mol. The maximum atomic E-state index is 4.50. The SMILES string of the molecule is C=N/C(=C(\CCCC)c1ccccc1CC(C)C)c1ccccc1C.